The van der Waals surface area contributed by atoms with Crippen LogP contribution in [0.3, 0.4) is 0 Å². The summed E-state index contributed by atoms with van der Waals surface area (Å²) in [5, 5.41) is 8.86. The van der Waals surface area contributed by atoms with Crippen molar-refractivity contribution in [2.45, 2.75) is 25.2 Å². The molecule has 0 spiro atoms. The minimum absolute atomic E-state index is 0.0683. The SMILES string of the molecule is CC1Oc2ccccc2OC1C(=O)N1CCOC(CN(C)CC(=O)O)C1. The Balaban J connectivity index is 1.61. The van der Waals surface area contributed by atoms with E-state index >= 15 is 0 Å². The van der Waals surface area contributed by atoms with Crippen LogP contribution < -0.4 is 9.47 Å². The number of amides is 1. The summed E-state index contributed by atoms with van der Waals surface area (Å²) in [7, 11) is 1.72. The van der Waals surface area contributed by atoms with Crippen molar-refractivity contribution in [2.75, 3.05) is 39.8 Å². The summed E-state index contributed by atoms with van der Waals surface area (Å²) in [5.74, 6) is 0.173. The number of nitrogens with zero attached hydrogens (tertiary/aromatic N) is 2. The molecule has 0 aromatic heterocycles. The number of para-hydroxylation sites is 2. The Hall–Kier alpha value is -2.32. The monoisotopic (exact) mass is 364 g/mol. The second-order valence-electron chi connectivity index (χ2n) is 6.68. The number of carboxylic acids is 1. The molecule has 26 heavy (non-hydrogen) atoms. The van der Waals surface area contributed by atoms with Crippen LogP contribution in [-0.2, 0) is 14.3 Å². The molecule has 8 nitrogen and oxygen atoms in total. The number of fused-ring (bicyclic) bond motifs is 1. The van der Waals surface area contributed by atoms with Gasteiger partial charge in [0, 0.05) is 19.6 Å². The number of hydrogen-bond acceptors (Lipinski definition) is 6. The van der Waals surface area contributed by atoms with E-state index in [0.717, 1.165) is 0 Å². The third-order valence-electron chi connectivity index (χ3n) is 4.46. The molecule has 2 heterocycles. The number of benzene rings is 1. The summed E-state index contributed by atoms with van der Waals surface area (Å²) >= 11 is 0. The zero-order valence-electron chi connectivity index (χ0n) is 15.0. The summed E-state index contributed by atoms with van der Waals surface area (Å²) in [5.41, 5.74) is 0. The molecule has 8 heteroatoms. The van der Waals surface area contributed by atoms with E-state index in [1.165, 1.54) is 0 Å². The van der Waals surface area contributed by atoms with Crippen LogP contribution in [0, 0.1) is 0 Å². The van der Waals surface area contributed by atoms with E-state index in [9.17, 15) is 9.59 Å². The van der Waals surface area contributed by atoms with Crippen LogP contribution in [0.25, 0.3) is 0 Å². The Morgan fingerprint density at radius 3 is 2.65 bits per heavy atom. The van der Waals surface area contributed by atoms with Gasteiger partial charge in [0.1, 0.15) is 6.10 Å². The van der Waals surface area contributed by atoms with Crippen LogP contribution >= 0.6 is 0 Å². The molecule has 142 valence electrons. The quantitative estimate of drug-likeness (QED) is 0.812. The number of likely N-dealkylation sites (N-methyl/N-ethyl adjacent to an activating group) is 1. The number of carbonyl (C=O) groups is 2. The van der Waals surface area contributed by atoms with Crippen molar-refractivity contribution >= 4 is 11.9 Å². The molecule has 0 bridgehead atoms. The third kappa shape index (κ3) is 4.25. The summed E-state index contributed by atoms with van der Waals surface area (Å²) in [4.78, 5) is 27.1. The summed E-state index contributed by atoms with van der Waals surface area (Å²) in [6.45, 7) is 3.48. The molecule has 0 saturated carbocycles. The molecule has 3 unspecified atom stereocenters. The van der Waals surface area contributed by atoms with Crippen LogP contribution in [0.2, 0.25) is 0 Å². The Morgan fingerprint density at radius 1 is 1.27 bits per heavy atom. The van der Waals surface area contributed by atoms with Gasteiger partial charge in [-0.05, 0) is 26.1 Å². The second-order valence-corrected chi connectivity index (χ2v) is 6.68. The van der Waals surface area contributed by atoms with E-state index in [4.69, 9.17) is 19.3 Å². The van der Waals surface area contributed by atoms with Crippen molar-refractivity contribution in [1.82, 2.24) is 9.80 Å². The Bertz CT molecular complexity index is 667. The van der Waals surface area contributed by atoms with Crippen LogP contribution in [0.4, 0.5) is 0 Å². The van der Waals surface area contributed by atoms with Crippen molar-refractivity contribution in [2.24, 2.45) is 0 Å². The number of rotatable bonds is 5. The molecule has 0 radical (unpaired) electrons. The molecule has 3 atom stereocenters. The maximum absolute atomic E-state index is 12.9. The lowest BCUT2D eigenvalue weighted by Gasteiger charge is -2.38. The summed E-state index contributed by atoms with van der Waals surface area (Å²) in [6.07, 6.45) is -1.34. The maximum atomic E-state index is 12.9. The predicted octanol–water partition coefficient (Wildman–Crippen LogP) is 0.459. The van der Waals surface area contributed by atoms with Crippen molar-refractivity contribution < 1.29 is 28.9 Å². The van der Waals surface area contributed by atoms with Crippen molar-refractivity contribution in [1.29, 1.82) is 0 Å². The fourth-order valence-electron chi connectivity index (χ4n) is 3.24. The molecule has 1 N–H and O–H groups in total. The molecule has 1 aromatic rings. The fourth-order valence-corrected chi connectivity index (χ4v) is 3.24. The topological polar surface area (TPSA) is 88.5 Å². The maximum Gasteiger partial charge on any atom is 0.317 e. The van der Waals surface area contributed by atoms with Gasteiger partial charge in [0.25, 0.3) is 5.91 Å². The molecule has 2 aliphatic rings. The second kappa shape index (κ2) is 7.92. The normalized spacial score (nSPS) is 25.2. The zero-order valence-corrected chi connectivity index (χ0v) is 15.0. The van der Waals surface area contributed by atoms with Gasteiger partial charge in [-0.15, -0.1) is 0 Å². The molecule has 1 saturated heterocycles. The largest absolute Gasteiger partial charge is 0.482 e. The average Bonchev–Trinajstić information content (AvgIpc) is 2.60. The van der Waals surface area contributed by atoms with Gasteiger partial charge >= 0.3 is 5.97 Å². The standard InChI is InChI=1S/C18H24N2O6/c1-12-17(26-15-6-4-3-5-14(15)25-12)18(23)20-7-8-24-13(10-20)9-19(2)11-16(21)22/h3-6,12-13,17H,7-11H2,1-2H3,(H,21,22). The summed E-state index contributed by atoms with van der Waals surface area (Å²) in [6, 6.07) is 7.29. The highest BCUT2D eigenvalue weighted by atomic mass is 16.6. The number of ether oxygens (including phenoxy) is 3. The van der Waals surface area contributed by atoms with E-state index in [0.29, 0.717) is 37.7 Å². The number of carboxylic acid groups (broad SMARTS) is 1. The lowest BCUT2D eigenvalue weighted by atomic mass is 10.1. The lowest BCUT2D eigenvalue weighted by molar-refractivity contribution is -0.152. The minimum Gasteiger partial charge on any atom is -0.482 e. The van der Waals surface area contributed by atoms with Crippen LogP contribution in [0.15, 0.2) is 24.3 Å². The van der Waals surface area contributed by atoms with E-state index in [1.54, 1.807) is 22.9 Å². The molecule has 1 amide bonds. The van der Waals surface area contributed by atoms with Gasteiger partial charge in [-0.25, -0.2) is 0 Å². The van der Waals surface area contributed by atoms with Gasteiger partial charge < -0.3 is 24.2 Å². The van der Waals surface area contributed by atoms with Crippen molar-refractivity contribution in [3.8, 4) is 11.5 Å². The molecule has 1 fully saturated rings. The molecule has 0 aliphatic carbocycles. The first kappa shape index (κ1) is 18.5. The molecular weight excluding hydrogens is 340 g/mol. The highest BCUT2D eigenvalue weighted by Crippen LogP contribution is 2.34. The minimum atomic E-state index is -0.892. The highest BCUT2D eigenvalue weighted by molar-refractivity contribution is 5.82. The first-order chi connectivity index (χ1) is 12.4. The first-order valence-electron chi connectivity index (χ1n) is 8.67. The van der Waals surface area contributed by atoms with E-state index in [2.05, 4.69) is 0 Å². The van der Waals surface area contributed by atoms with Gasteiger partial charge in [0.15, 0.2) is 11.5 Å². The molecule has 1 aromatic carbocycles. The Kier molecular flexibility index (Phi) is 5.63. The first-order valence-corrected chi connectivity index (χ1v) is 8.67. The van der Waals surface area contributed by atoms with E-state index in [1.807, 2.05) is 25.1 Å². The zero-order chi connectivity index (χ0) is 18.7. The highest BCUT2D eigenvalue weighted by Gasteiger charge is 2.38. The van der Waals surface area contributed by atoms with Crippen molar-refractivity contribution in [3.05, 3.63) is 24.3 Å². The van der Waals surface area contributed by atoms with E-state index in [-0.39, 0.29) is 18.6 Å². The van der Waals surface area contributed by atoms with Gasteiger partial charge in [-0.1, -0.05) is 12.1 Å². The van der Waals surface area contributed by atoms with E-state index < -0.39 is 18.2 Å². The Morgan fingerprint density at radius 2 is 1.96 bits per heavy atom. The van der Waals surface area contributed by atoms with Crippen LogP contribution in [-0.4, -0.2) is 84.9 Å². The van der Waals surface area contributed by atoms with Crippen LogP contribution in [0.5, 0.6) is 11.5 Å². The lowest BCUT2D eigenvalue weighted by Crippen LogP contribution is -2.56. The van der Waals surface area contributed by atoms with Crippen LogP contribution in [0.1, 0.15) is 6.92 Å². The van der Waals surface area contributed by atoms with Gasteiger partial charge in [-0.3, -0.25) is 14.5 Å². The average molecular weight is 364 g/mol. The number of morpholine rings is 1. The smallest absolute Gasteiger partial charge is 0.317 e. The summed E-state index contributed by atoms with van der Waals surface area (Å²) < 4.78 is 17.4. The molecule has 2 aliphatic heterocycles. The number of aliphatic carboxylic acids is 1. The number of hydrogen-bond donors (Lipinski definition) is 1. The number of carbonyl (C=O) groups excluding carboxylic acids is 1. The molecule has 3 rings (SSSR count). The fraction of sp³-hybridized carbons (Fsp3) is 0.556. The third-order valence-corrected chi connectivity index (χ3v) is 4.46. The van der Waals surface area contributed by atoms with Crippen molar-refractivity contribution in [3.63, 3.8) is 0 Å². The van der Waals surface area contributed by atoms with Gasteiger partial charge in [0.2, 0.25) is 6.10 Å². The predicted molar refractivity (Wildman–Crippen MR) is 92.4 cm³/mol. The van der Waals surface area contributed by atoms with Gasteiger partial charge in [0.05, 0.1) is 19.3 Å². The molecular formula is C18H24N2O6. The Labute approximate surface area is 152 Å². The van der Waals surface area contributed by atoms with Gasteiger partial charge in [-0.2, -0.15) is 0 Å².